The van der Waals surface area contributed by atoms with Gasteiger partial charge in [0.05, 0.1) is 11.4 Å². The number of carbonyl (C=O) groups is 2. The number of para-hydroxylation sites is 2. The number of Topliss-reactive ketones (excluding diaryl/α,β-unsaturated/α-hetero) is 1. The fourth-order valence-corrected chi connectivity index (χ4v) is 4.68. The fraction of sp³-hybridized carbons (Fsp3) is 0.333. The van der Waals surface area contributed by atoms with E-state index in [1.807, 2.05) is 53.6 Å². The van der Waals surface area contributed by atoms with Crippen molar-refractivity contribution in [2.24, 2.45) is 0 Å². The van der Waals surface area contributed by atoms with Crippen molar-refractivity contribution in [2.45, 2.75) is 45.1 Å². The van der Waals surface area contributed by atoms with Crippen LogP contribution in [0.5, 0.6) is 0 Å². The highest BCUT2D eigenvalue weighted by Gasteiger charge is 2.39. The number of fused-ring (bicyclic) bond motifs is 1. The summed E-state index contributed by atoms with van der Waals surface area (Å²) < 4.78 is 0. The van der Waals surface area contributed by atoms with Crippen LogP contribution in [0, 0.1) is 0 Å². The van der Waals surface area contributed by atoms with Gasteiger partial charge in [0, 0.05) is 29.0 Å². The molecule has 0 saturated heterocycles. The number of rotatable bonds is 3. The third-order valence-corrected chi connectivity index (χ3v) is 5.91. The summed E-state index contributed by atoms with van der Waals surface area (Å²) in [5.41, 5.74) is 3.49. The molecule has 2 aliphatic rings. The first-order valence-electron chi connectivity index (χ1n) is 9.18. The maximum absolute atomic E-state index is 13.2. The summed E-state index contributed by atoms with van der Waals surface area (Å²) in [5.74, 6) is 0.214. The van der Waals surface area contributed by atoms with E-state index in [2.05, 4.69) is 5.32 Å². The quantitative estimate of drug-likeness (QED) is 0.826. The molecule has 2 heterocycles. The number of allylic oxidation sites excluding steroid dienone is 1. The molecular weight excluding hydrogens is 344 g/mol. The second-order valence-corrected chi connectivity index (χ2v) is 7.72. The molecule has 1 aromatic carbocycles. The van der Waals surface area contributed by atoms with E-state index in [9.17, 15) is 9.59 Å². The maximum Gasteiger partial charge on any atom is 0.227 e. The number of anilines is 2. The normalized spacial score (nSPS) is 19.5. The van der Waals surface area contributed by atoms with Gasteiger partial charge in [0.2, 0.25) is 5.91 Å². The minimum absolute atomic E-state index is 0.0623. The number of amides is 1. The minimum atomic E-state index is -0.340. The van der Waals surface area contributed by atoms with Crippen LogP contribution in [0.3, 0.4) is 0 Å². The largest absolute Gasteiger partial charge is 0.357 e. The molecule has 1 aliphatic heterocycles. The lowest BCUT2D eigenvalue weighted by molar-refractivity contribution is -0.119. The molecule has 0 bridgehead atoms. The van der Waals surface area contributed by atoms with E-state index in [0.717, 1.165) is 46.8 Å². The minimum Gasteiger partial charge on any atom is -0.357 e. The zero-order valence-corrected chi connectivity index (χ0v) is 15.6. The van der Waals surface area contributed by atoms with E-state index in [-0.39, 0.29) is 17.7 Å². The van der Waals surface area contributed by atoms with Crippen LogP contribution in [-0.4, -0.2) is 11.7 Å². The molecule has 1 N–H and O–H groups in total. The lowest BCUT2D eigenvalue weighted by Gasteiger charge is -2.33. The number of nitrogens with one attached hydrogen (secondary N) is 1. The van der Waals surface area contributed by atoms with Crippen LogP contribution in [-0.2, 0) is 9.59 Å². The molecule has 1 atom stereocenters. The van der Waals surface area contributed by atoms with Gasteiger partial charge in [-0.25, -0.2) is 0 Å². The van der Waals surface area contributed by atoms with Crippen LogP contribution in [0.1, 0.15) is 49.9 Å². The average Bonchev–Trinajstić information content (AvgIpc) is 3.11. The first-order valence-corrected chi connectivity index (χ1v) is 10.1. The third kappa shape index (κ3) is 2.86. The molecule has 2 aromatic rings. The highest BCUT2D eigenvalue weighted by molar-refractivity contribution is 7.10. The Morgan fingerprint density at radius 3 is 2.85 bits per heavy atom. The van der Waals surface area contributed by atoms with Gasteiger partial charge in [-0.3, -0.25) is 14.5 Å². The lowest BCUT2D eigenvalue weighted by atomic mass is 9.88. The Morgan fingerprint density at radius 2 is 2.08 bits per heavy atom. The molecular formula is C21H22N2O2S. The van der Waals surface area contributed by atoms with E-state index in [1.54, 1.807) is 11.3 Å². The van der Waals surface area contributed by atoms with Crippen molar-refractivity contribution in [2.75, 3.05) is 10.2 Å². The number of carbonyl (C=O) groups excluding carboxylic acids is 2. The highest BCUT2D eigenvalue weighted by atomic mass is 32.1. The summed E-state index contributed by atoms with van der Waals surface area (Å²) in [6.07, 6.45) is 3.49. The van der Waals surface area contributed by atoms with Gasteiger partial charge in [-0.05, 0) is 42.8 Å². The second-order valence-electron chi connectivity index (χ2n) is 6.74. The topological polar surface area (TPSA) is 49.4 Å². The molecule has 4 nitrogen and oxygen atoms in total. The molecule has 0 radical (unpaired) electrons. The van der Waals surface area contributed by atoms with Crippen molar-refractivity contribution in [3.8, 4) is 0 Å². The van der Waals surface area contributed by atoms with Crippen LogP contribution in [0.4, 0.5) is 11.4 Å². The predicted octanol–water partition coefficient (Wildman–Crippen LogP) is 5.06. The van der Waals surface area contributed by atoms with Gasteiger partial charge in [-0.1, -0.05) is 25.1 Å². The second kappa shape index (κ2) is 7.08. The van der Waals surface area contributed by atoms with Crippen LogP contribution < -0.4 is 10.2 Å². The fourth-order valence-electron chi connectivity index (χ4n) is 3.86. The van der Waals surface area contributed by atoms with E-state index >= 15 is 0 Å². The van der Waals surface area contributed by atoms with E-state index in [1.165, 1.54) is 0 Å². The molecule has 0 saturated carbocycles. The van der Waals surface area contributed by atoms with Crippen LogP contribution >= 0.6 is 11.3 Å². The Hall–Kier alpha value is -2.40. The standard InChI is InChI=1S/C21H22N2O2S/c1-2-7-19(25)23-16-10-4-3-8-14(16)22-15-9-5-11-17(24)20(15)21(23)18-12-6-13-26-18/h3-4,6,8,10,12-13,21-22H,2,5,7,9,11H2,1H3/t21-/m0/s1. The number of nitrogens with zero attached hydrogens (tertiary/aromatic N) is 1. The number of benzene rings is 1. The molecule has 26 heavy (non-hydrogen) atoms. The summed E-state index contributed by atoms with van der Waals surface area (Å²) in [7, 11) is 0. The van der Waals surface area contributed by atoms with E-state index in [0.29, 0.717) is 12.8 Å². The zero-order chi connectivity index (χ0) is 18.1. The van der Waals surface area contributed by atoms with Crippen molar-refractivity contribution in [1.82, 2.24) is 0 Å². The van der Waals surface area contributed by atoms with Gasteiger partial charge in [0.1, 0.15) is 6.04 Å². The Morgan fingerprint density at radius 1 is 1.23 bits per heavy atom. The average molecular weight is 366 g/mol. The Kier molecular flexibility index (Phi) is 4.64. The van der Waals surface area contributed by atoms with Crippen LogP contribution in [0.15, 0.2) is 53.0 Å². The molecule has 1 aliphatic carbocycles. The lowest BCUT2D eigenvalue weighted by Crippen LogP contribution is -2.37. The van der Waals surface area contributed by atoms with Crippen molar-refractivity contribution in [3.05, 3.63) is 57.9 Å². The maximum atomic E-state index is 13.2. The first kappa shape index (κ1) is 17.0. The Balaban J connectivity index is 1.96. The molecule has 0 fully saturated rings. The van der Waals surface area contributed by atoms with Gasteiger partial charge in [0.25, 0.3) is 0 Å². The SMILES string of the molecule is CCCC(=O)N1c2ccccc2NC2=C(C(=O)CCC2)[C@@H]1c1cccs1. The molecule has 4 rings (SSSR count). The summed E-state index contributed by atoms with van der Waals surface area (Å²) in [6.45, 7) is 2.01. The van der Waals surface area contributed by atoms with Gasteiger partial charge >= 0.3 is 0 Å². The van der Waals surface area contributed by atoms with Gasteiger partial charge in [-0.2, -0.15) is 0 Å². The molecule has 1 amide bonds. The molecule has 5 heteroatoms. The zero-order valence-electron chi connectivity index (χ0n) is 14.8. The van der Waals surface area contributed by atoms with E-state index in [4.69, 9.17) is 0 Å². The van der Waals surface area contributed by atoms with E-state index < -0.39 is 0 Å². The van der Waals surface area contributed by atoms with Crippen LogP contribution in [0.25, 0.3) is 0 Å². The molecule has 0 spiro atoms. The van der Waals surface area contributed by atoms with Crippen molar-refractivity contribution < 1.29 is 9.59 Å². The molecule has 1 aromatic heterocycles. The van der Waals surface area contributed by atoms with Crippen molar-refractivity contribution in [1.29, 1.82) is 0 Å². The number of hydrogen-bond donors (Lipinski definition) is 1. The van der Waals surface area contributed by atoms with Crippen LogP contribution in [0.2, 0.25) is 0 Å². The number of ketones is 1. The Bertz CT molecular complexity index is 870. The summed E-state index contributed by atoms with van der Waals surface area (Å²) in [6, 6.07) is 11.5. The third-order valence-electron chi connectivity index (χ3n) is 4.98. The monoisotopic (exact) mass is 366 g/mol. The predicted molar refractivity (Wildman–Crippen MR) is 105 cm³/mol. The Labute approximate surface area is 157 Å². The molecule has 134 valence electrons. The summed E-state index contributed by atoms with van der Waals surface area (Å²) in [5, 5.41) is 5.49. The number of hydrogen-bond acceptors (Lipinski definition) is 4. The van der Waals surface area contributed by atoms with Gasteiger partial charge in [0.15, 0.2) is 5.78 Å². The van der Waals surface area contributed by atoms with Crippen molar-refractivity contribution in [3.63, 3.8) is 0 Å². The summed E-state index contributed by atoms with van der Waals surface area (Å²) >= 11 is 1.60. The van der Waals surface area contributed by atoms with Gasteiger partial charge in [-0.15, -0.1) is 11.3 Å². The van der Waals surface area contributed by atoms with Gasteiger partial charge < -0.3 is 5.32 Å². The summed E-state index contributed by atoms with van der Waals surface area (Å²) in [4.78, 5) is 29.0. The smallest absolute Gasteiger partial charge is 0.227 e. The highest BCUT2D eigenvalue weighted by Crippen LogP contribution is 2.45. The van der Waals surface area contributed by atoms with Crippen molar-refractivity contribution >= 4 is 34.4 Å². The number of thiophene rings is 1. The molecule has 0 unspecified atom stereocenters. The first-order chi connectivity index (χ1) is 12.7.